The fourth-order valence-electron chi connectivity index (χ4n) is 5.11. The first kappa shape index (κ1) is 25.7. The highest BCUT2D eigenvalue weighted by Crippen LogP contribution is 2.40. The van der Waals surface area contributed by atoms with Crippen molar-refractivity contribution >= 4 is 67.2 Å². The van der Waals surface area contributed by atoms with Crippen LogP contribution in [0.25, 0.3) is 22.0 Å². The predicted molar refractivity (Wildman–Crippen MR) is 169 cm³/mol. The minimum atomic E-state index is -0.0742. The van der Waals surface area contributed by atoms with Crippen LogP contribution in [0.2, 0.25) is 5.02 Å². The van der Waals surface area contributed by atoms with Crippen LogP contribution in [0.5, 0.6) is 0 Å². The summed E-state index contributed by atoms with van der Waals surface area (Å²) in [6.07, 6.45) is 0.673. The van der Waals surface area contributed by atoms with Gasteiger partial charge >= 0.3 is 0 Å². The molecule has 1 aliphatic rings. The second kappa shape index (κ2) is 10.9. The molecule has 192 valence electrons. The molecule has 0 bridgehead atoms. The fraction of sp³-hybridized carbons (Fsp3) is 0.0938. The molecule has 0 unspecified atom stereocenters. The molecular weight excluding hydrogens is 588 g/mol. The fourth-order valence-corrected chi connectivity index (χ4v) is 5.83. The molecule has 0 aliphatic carbocycles. The van der Waals surface area contributed by atoms with Crippen LogP contribution < -0.4 is 5.32 Å². The number of hydrogen-bond donors (Lipinski definition) is 1. The number of thiocarbonyl (C=S) groups is 1. The van der Waals surface area contributed by atoms with Crippen molar-refractivity contribution in [2.75, 3.05) is 5.32 Å². The quantitative estimate of drug-likeness (QED) is 0.206. The summed E-state index contributed by atoms with van der Waals surface area (Å²) in [6.45, 7) is 2.05. The van der Waals surface area contributed by atoms with Gasteiger partial charge in [-0.1, -0.05) is 88.2 Å². The number of aryl methyl sites for hydroxylation is 1. The monoisotopic (exact) mass is 610 g/mol. The first-order chi connectivity index (χ1) is 19.0. The van der Waals surface area contributed by atoms with E-state index < -0.39 is 0 Å². The van der Waals surface area contributed by atoms with Gasteiger partial charge < -0.3 is 5.32 Å². The van der Waals surface area contributed by atoms with E-state index in [0.717, 1.165) is 54.7 Å². The lowest BCUT2D eigenvalue weighted by molar-refractivity contribution is 0.375. The minimum absolute atomic E-state index is 0.0742. The van der Waals surface area contributed by atoms with Crippen LogP contribution in [0.4, 0.5) is 5.69 Å². The van der Waals surface area contributed by atoms with Crippen molar-refractivity contribution in [2.45, 2.75) is 19.4 Å². The van der Waals surface area contributed by atoms with Crippen molar-refractivity contribution in [3.8, 4) is 11.1 Å². The van der Waals surface area contributed by atoms with E-state index in [0.29, 0.717) is 16.6 Å². The smallest absolute Gasteiger partial charge is 0.194 e. The zero-order valence-corrected chi connectivity index (χ0v) is 24.3. The molecule has 1 aliphatic heterocycles. The largest absolute Gasteiger partial charge is 0.331 e. The average molecular weight is 612 g/mol. The second-order valence-electron chi connectivity index (χ2n) is 9.43. The van der Waals surface area contributed by atoms with Crippen molar-refractivity contribution in [1.29, 1.82) is 0 Å². The van der Waals surface area contributed by atoms with Gasteiger partial charge in [-0.2, -0.15) is 5.10 Å². The van der Waals surface area contributed by atoms with Gasteiger partial charge in [0.15, 0.2) is 5.11 Å². The Kier molecular flexibility index (Phi) is 7.17. The van der Waals surface area contributed by atoms with Gasteiger partial charge in [0.05, 0.1) is 17.3 Å². The van der Waals surface area contributed by atoms with E-state index in [4.69, 9.17) is 33.9 Å². The van der Waals surface area contributed by atoms with E-state index in [-0.39, 0.29) is 6.04 Å². The summed E-state index contributed by atoms with van der Waals surface area (Å²) >= 11 is 16.0. The number of fused-ring (bicyclic) bond motifs is 1. The third-order valence-electron chi connectivity index (χ3n) is 6.88. The first-order valence-corrected chi connectivity index (χ1v) is 14.2. The normalized spacial score (nSPS) is 14.9. The number of nitrogens with zero attached hydrogens (tertiary/aromatic N) is 3. The molecule has 0 saturated heterocycles. The van der Waals surface area contributed by atoms with Crippen molar-refractivity contribution in [1.82, 2.24) is 9.99 Å². The van der Waals surface area contributed by atoms with Gasteiger partial charge in [0, 0.05) is 43.8 Å². The van der Waals surface area contributed by atoms with Gasteiger partial charge in [-0.05, 0) is 72.7 Å². The highest BCUT2D eigenvalue weighted by molar-refractivity contribution is 9.10. The van der Waals surface area contributed by atoms with Crippen molar-refractivity contribution < 1.29 is 0 Å². The topological polar surface area (TPSA) is 40.5 Å². The molecule has 0 radical (unpaired) electrons. The molecule has 5 aromatic rings. The maximum Gasteiger partial charge on any atom is 0.194 e. The SMILES string of the molecule is Cc1nc2ccc(Cl)cc2c(-c2ccccc2)c1C1=NN(C(=S)Nc2ccccc2)[C@H](c2ccc(Br)cc2)C1. The van der Waals surface area contributed by atoms with Crippen molar-refractivity contribution in [3.05, 3.63) is 129 Å². The number of rotatable bonds is 4. The first-order valence-electron chi connectivity index (χ1n) is 12.6. The van der Waals surface area contributed by atoms with Gasteiger partial charge in [-0.25, -0.2) is 5.01 Å². The number of aromatic nitrogens is 1. The molecule has 1 aromatic heterocycles. The molecule has 1 N–H and O–H groups in total. The number of pyridine rings is 1. The molecule has 39 heavy (non-hydrogen) atoms. The maximum atomic E-state index is 6.49. The Hall–Kier alpha value is -3.58. The Morgan fingerprint density at radius 1 is 0.923 bits per heavy atom. The Balaban J connectivity index is 1.52. The number of hydrogen-bond acceptors (Lipinski definition) is 3. The second-order valence-corrected chi connectivity index (χ2v) is 11.2. The molecule has 4 nitrogen and oxygen atoms in total. The molecule has 6 rings (SSSR count). The Morgan fingerprint density at radius 2 is 1.62 bits per heavy atom. The van der Waals surface area contributed by atoms with E-state index in [1.54, 1.807) is 0 Å². The third kappa shape index (κ3) is 5.20. The molecule has 0 saturated carbocycles. The van der Waals surface area contributed by atoms with Crippen molar-refractivity contribution in [2.24, 2.45) is 5.10 Å². The lowest BCUT2D eigenvalue weighted by Gasteiger charge is -2.25. The number of benzene rings is 4. The van der Waals surface area contributed by atoms with Crippen molar-refractivity contribution in [3.63, 3.8) is 0 Å². The van der Waals surface area contributed by atoms with Gasteiger partial charge in [0.2, 0.25) is 0 Å². The number of hydrazone groups is 1. The maximum absolute atomic E-state index is 6.49. The van der Waals surface area contributed by atoms with Crippen LogP contribution in [0.15, 0.2) is 113 Å². The summed E-state index contributed by atoms with van der Waals surface area (Å²) < 4.78 is 1.03. The summed E-state index contributed by atoms with van der Waals surface area (Å²) in [5.41, 5.74) is 8.00. The number of para-hydroxylation sites is 1. The highest BCUT2D eigenvalue weighted by Gasteiger charge is 2.34. The van der Waals surface area contributed by atoms with E-state index >= 15 is 0 Å². The number of anilines is 1. The van der Waals surface area contributed by atoms with E-state index in [1.807, 2.05) is 59.6 Å². The van der Waals surface area contributed by atoms with Gasteiger partial charge in [0.1, 0.15) is 0 Å². The molecule has 0 amide bonds. The molecule has 4 aromatic carbocycles. The summed E-state index contributed by atoms with van der Waals surface area (Å²) in [5.74, 6) is 0. The van der Waals surface area contributed by atoms with Crippen LogP contribution in [0, 0.1) is 6.92 Å². The Bertz CT molecular complexity index is 1710. The van der Waals surface area contributed by atoms with Crippen LogP contribution in [-0.2, 0) is 0 Å². The van der Waals surface area contributed by atoms with Crippen LogP contribution >= 0.6 is 39.7 Å². The zero-order chi connectivity index (χ0) is 26.9. The van der Waals surface area contributed by atoms with Crippen LogP contribution in [0.1, 0.15) is 29.3 Å². The molecule has 1 atom stereocenters. The summed E-state index contributed by atoms with van der Waals surface area (Å²) in [7, 11) is 0. The third-order valence-corrected chi connectivity index (χ3v) is 7.93. The molecule has 2 heterocycles. The molecular formula is C32H24BrClN4S. The number of nitrogens with one attached hydrogen (secondary N) is 1. The van der Waals surface area contributed by atoms with E-state index in [1.165, 1.54) is 0 Å². The van der Waals surface area contributed by atoms with Gasteiger partial charge in [-0.3, -0.25) is 4.98 Å². The zero-order valence-electron chi connectivity index (χ0n) is 21.1. The predicted octanol–water partition coefficient (Wildman–Crippen LogP) is 9.17. The summed E-state index contributed by atoms with van der Waals surface area (Å²) in [5, 5.41) is 12.7. The average Bonchev–Trinajstić information content (AvgIpc) is 3.39. The molecule has 0 spiro atoms. The highest BCUT2D eigenvalue weighted by atomic mass is 79.9. The van der Waals surface area contributed by atoms with Crippen LogP contribution in [-0.4, -0.2) is 20.8 Å². The Morgan fingerprint density at radius 3 is 2.33 bits per heavy atom. The number of halogens is 2. The summed E-state index contributed by atoms with van der Waals surface area (Å²) in [4.78, 5) is 4.98. The summed E-state index contributed by atoms with van der Waals surface area (Å²) in [6, 6.07) is 34.5. The van der Waals surface area contributed by atoms with E-state index in [2.05, 4.69) is 76.7 Å². The van der Waals surface area contributed by atoms with Gasteiger partial charge in [-0.15, -0.1) is 0 Å². The van der Waals surface area contributed by atoms with Crippen LogP contribution in [0.3, 0.4) is 0 Å². The minimum Gasteiger partial charge on any atom is -0.331 e. The standard InChI is InChI=1S/C32H24BrClN4S/c1-20-30(31(22-8-4-2-5-9-22)26-18-24(34)16-17-27(26)35-20)28-19-29(21-12-14-23(33)15-13-21)38(37-28)32(39)36-25-10-6-3-7-11-25/h2-18,29H,19H2,1H3,(H,36,39)/t29-/m0/s1. The molecule has 7 heteroatoms. The Labute approximate surface area is 246 Å². The van der Waals surface area contributed by atoms with E-state index in [9.17, 15) is 0 Å². The lowest BCUT2D eigenvalue weighted by atomic mass is 9.89. The molecule has 0 fully saturated rings. The lowest BCUT2D eigenvalue weighted by Crippen LogP contribution is -2.31. The van der Waals surface area contributed by atoms with Gasteiger partial charge in [0.25, 0.3) is 0 Å².